The van der Waals surface area contributed by atoms with Crippen LogP contribution in [0.25, 0.3) is 16.3 Å². The van der Waals surface area contributed by atoms with E-state index in [-0.39, 0.29) is 16.3 Å². The molecule has 0 saturated heterocycles. The number of ketones is 1. The van der Waals surface area contributed by atoms with Gasteiger partial charge in [0.05, 0.1) is 15.8 Å². The summed E-state index contributed by atoms with van der Waals surface area (Å²) in [5.41, 5.74) is 2.41. The van der Waals surface area contributed by atoms with Crippen molar-refractivity contribution in [3.05, 3.63) is 113 Å². The van der Waals surface area contributed by atoms with Crippen molar-refractivity contribution in [1.82, 2.24) is 4.98 Å². The zero-order valence-corrected chi connectivity index (χ0v) is 18.9. The standard InChI is InChI=1S/C27H19FN2O3S/c1-16-11-13-20-22(15-16)34-27(29-20)30-24(18-9-5-6-10-19(18)28)23(25(32)26(30)33)21(31)14-12-17-7-3-2-4-8-17/h2-15,24,32H,1H3. The van der Waals surface area contributed by atoms with E-state index in [2.05, 4.69) is 4.98 Å². The predicted octanol–water partition coefficient (Wildman–Crippen LogP) is 5.93. The van der Waals surface area contributed by atoms with Crippen LogP contribution >= 0.6 is 11.3 Å². The number of aromatic nitrogens is 1. The van der Waals surface area contributed by atoms with Crippen LogP contribution < -0.4 is 4.90 Å². The van der Waals surface area contributed by atoms with Gasteiger partial charge in [0.15, 0.2) is 16.7 Å². The van der Waals surface area contributed by atoms with Crippen molar-refractivity contribution in [1.29, 1.82) is 0 Å². The third-order valence-electron chi connectivity index (χ3n) is 5.64. The third kappa shape index (κ3) is 3.80. The first-order valence-electron chi connectivity index (χ1n) is 10.6. The first kappa shape index (κ1) is 21.7. The number of aliphatic hydroxyl groups excluding tert-OH is 1. The Balaban J connectivity index is 1.62. The van der Waals surface area contributed by atoms with E-state index in [1.807, 2.05) is 55.5 Å². The number of halogens is 1. The van der Waals surface area contributed by atoms with E-state index in [9.17, 15) is 19.1 Å². The highest BCUT2D eigenvalue weighted by Crippen LogP contribution is 2.44. The lowest BCUT2D eigenvalue weighted by Crippen LogP contribution is -2.31. The van der Waals surface area contributed by atoms with Crippen LogP contribution in [0.3, 0.4) is 0 Å². The van der Waals surface area contributed by atoms with Crippen LogP contribution in [0.4, 0.5) is 9.52 Å². The number of nitrogens with zero attached hydrogens (tertiary/aromatic N) is 2. The minimum Gasteiger partial charge on any atom is -0.503 e. The number of anilines is 1. The number of aliphatic hydroxyl groups is 1. The molecule has 1 aromatic heterocycles. The highest BCUT2D eigenvalue weighted by molar-refractivity contribution is 7.22. The van der Waals surface area contributed by atoms with Gasteiger partial charge in [0.25, 0.3) is 5.91 Å². The molecule has 0 fully saturated rings. The Bertz CT molecular complexity index is 1490. The highest BCUT2D eigenvalue weighted by Gasteiger charge is 2.46. The van der Waals surface area contributed by atoms with Gasteiger partial charge in [-0.1, -0.05) is 72.0 Å². The summed E-state index contributed by atoms with van der Waals surface area (Å²) in [4.78, 5) is 32.2. The minimum absolute atomic E-state index is 0.104. The monoisotopic (exact) mass is 470 g/mol. The van der Waals surface area contributed by atoms with E-state index in [0.717, 1.165) is 15.8 Å². The first-order valence-corrected chi connectivity index (χ1v) is 11.4. The van der Waals surface area contributed by atoms with E-state index in [0.29, 0.717) is 5.52 Å². The van der Waals surface area contributed by atoms with Crippen LogP contribution in [0.1, 0.15) is 22.7 Å². The Labute approximate surface area is 199 Å². The summed E-state index contributed by atoms with van der Waals surface area (Å²) in [5.74, 6) is -2.66. The summed E-state index contributed by atoms with van der Waals surface area (Å²) in [6.07, 6.45) is 2.88. The van der Waals surface area contributed by atoms with Gasteiger partial charge < -0.3 is 5.11 Å². The van der Waals surface area contributed by atoms with E-state index >= 15 is 0 Å². The van der Waals surface area contributed by atoms with Crippen molar-refractivity contribution in [2.45, 2.75) is 13.0 Å². The van der Waals surface area contributed by atoms with Crippen LogP contribution in [0, 0.1) is 12.7 Å². The number of carbonyl (C=O) groups excluding carboxylic acids is 2. The predicted molar refractivity (Wildman–Crippen MR) is 131 cm³/mol. The summed E-state index contributed by atoms with van der Waals surface area (Å²) < 4.78 is 15.8. The molecule has 0 saturated carbocycles. The van der Waals surface area contributed by atoms with Gasteiger partial charge in [-0.05, 0) is 42.3 Å². The Kier molecular flexibility index (Phi) is 5.55. The number of benzene rings is 3. The van der Waals surface area contributed by atoms with Gasteiger partial charge in [0.1, 0.15) is 11.9 Å². The molecule has 0 bridgehead atoms. The lowest BCUT2D eigenvalue weighted by molar-refractivity contribution is -0.117. The first-order chi connectivity index (χ1) is 16.4. The highest BCUT2D eigenvalue weighted by atomic mass is 32.1. The molecule has 5 rings (SSSR count). The third-order valence-corrected chi connectivity index (χ3v) is 6.66. The second-order valence-corrected chi connectivity index (χ2v) is 8.95. The summed E-state index contributed by atoms with van der Waals surface area (Å²) in [6, 6.07) is 19.6. The number of fused-ring (bicyclic) bond motifs is 1. The number of hydrogen-bond acceptors (Lipinski definition) is 5. The Morgan fingerprint density at radius 1 is 1.09 bits per heavy atom. The SMILES string of the molecule is Cc1ccc2nc(N3C(=O)C(O)=C(C(=O)C=Cc4ccccc4)C3c3ccccc3F)sc2c1. The molecule has 168 valence electrons. The van der Waals surface area contributed by atoms with Gasteiger partial charge >= 0.3 is 0 Å². The Hall–Kier alpha value is -4.10. The topological polar surface area (TPSA) is 70.5 Å². The molecule has 3 aromatic carbocycles. The molecule has 2 heterocycles. The fourth-order valence-corrected chi connectivity index (χ4v) is 5.08. The molecule has 1 atom stereocenters. The van der Waals surface area contributed by atoms with Crippen LogP contribution in [0.2, 0.25) is 0 Å². The number of aryl methyl sites for hydroxylation is 1. The van der Waals surface area contributed by atoms with E-state index in [1.165, 1.54) is 40.5 Å². The molecule has 1 unspecified atom stereocenters. The Morgan fingerprint density at radius 3 is 2.59 bits per heavy atom. The lowest BCUT2D eigenvalue weighted by atomic mass is 9.95. The largest absolute Gasteiger partial charge is 0.503 e. The molecule has 7 heteroatoms. The van der Waals surface area contributed by atoms with Gasteiger partial charge in [-0.3, -0.25) is 14.5 Å². The van der Waals surface area contributed by atoms with E-state index in [4.69, 9.17) is 0 Å². The Morgan fingerprint density at radius 2 is 1.82 bits per heavy atom. The van der Waals surface area contributed by atoms with Crippen molar-refractivity contribution in [2.75, 3.05) is 4.90 Å². The summed E-state index contributed by atoms with van der Waals surface area (Å²) >= 11 is 1.25. The lowest BCUT2D eigenvalue weighted by Gasteiger charge is -2.24. The average molecular weight is 471 g/mol. The number of allylic oxidation sites excluding steroid dienone is 1. The second kappa shape index (κ2) is 8.68. The molecule has 0 aliphatic carbocycles. The normalized spacial score (nSPS) is 16.2. The number of hydrogen-bond donors (Lipinski definition) is 1. The van der Waals surface area contributed by atoms with Crippen molar-refractivity contribution < 1.29 is 19.1 Å². The van der Waals surface area contributed by atoms with Gasteiger partial charge in [0.2, 0.25) is 0 Å². The molecule has 0 spiro atoms. The smallest absolute Gasteiger partial charge is 0.296 e. The maximum absolute atomic E-state index is 14.9. The number of thiazole rings is 1. The summed E-state index contributed by atoms with van der Waals surface area (Å²) in [7, 11) is 0. The molecule has 5 nitrogen and oxygen atoms in total. The van der Waals surface area contributed by atoms with Gasteiger partial charge in [-0.25, -0.2) is 9.37 Å². The fourth-order valence-electron chi connectivity index (χ4n) is 3.99. The maximum Gasteiger partial charge on any atom is 0.296 e. The average Bonchev–Trinajstić information content (AvgIpc) is 3.36. The molecular formula is C27H19FN2O3S. The van der Waals surface area contributed by atoms with Crippen LogP contribution in [-0.4, -0.2) is 21.8 Å². The second-order valence-electron chi connectivity index (χ2n) is 7.94. The number of amides is 1. The van der Waals surface area contributed by atoms with Crippen LogP contribution in [0.5, 0.6) is 0 Å². The number of carbonyl (C=O) groups is 2. The summed E-state index contributed by atoms with van der Waals surface area (Å²) in [5, 5.41) is 11.1. The van der Waals surface area contributed by atoms with Crippen molar-refractivity contribution in [3.8, 4) is 0 Å². The zero-order valence-electron chi connectivity index (χ0n) is 18.1. The molecule has 4 aromatic rings. The molecular weight excluding hydrogens is 451 g/mol. The van der Waals surface area contributed by atoms with Crippen LogP contribution in [-0.2, 0) is 9.59 Å². The molecule has 1 amide bonds. The van der Waals surface area contributed by atoms with Gasteiger partial charge in [0, 0.05) is 5.56 Å². The minimum atomic E-state index is -1.15. The molecule has 1 aliphatic heterocycles. The van der Waals surface area contributed by atoms with Crippen molar-refractivity contribution in [3.63, 3.8) is 0 Å². The number of rotatable bonds is 5. The maximum atomic E-state index is 14.9. The van der Waals surface area contributed by atoms with Gasteiger partial charge in [-0.15, -0.1) is 0 Å². The van der Waals surface area contributed by atoms with E-state index < -0.39 is 29.3 Å². The van der Waals surface area contributed by atoms with E-state index in [1.54, 1.807) is 12.1 Å². The summed E-state index contributed by atoms with van der Waals surface area (Å²) in [6.45, 7) is 1.95. The van der Waals surface area contributed by atoms with Crippen LogP contribution in [0.15, 0.2) is 90.2 Å². The molecule has 0 radical (unpaired) electrons. The fraction of sp³-hybridized carbons (Fsp3) is 0.0741. The van der Waals surface area contributed by atoms with Crippen molar-refractivity contribution in [2.24, 2.45) is 0 Å². The van der Waals surface area contributed by atoms with Gasteiger partial charge in [-0.2, -0.15) is 0 Å². The quantitative estimate of drug-likeness (QED) is 0.367. The molecule has 1 N–H and O–H groups in total. The molecule has 1 aliphatic rings. The van der Waals surface area contributed by atoms with Crippen molar-refractivity contribution >= 4 is 44.5 Å². The molecule has 34 heavy (non-hydrogen) atoms. The zero-order chi connectivity index (χ0) is 23.8.